The Kier molecular flexibility index (Phi) is 3.16. The minimum absolute atomic E-state index is 0.165. The van der Waals surface area contributed by atoms with E-state index in [-0.39, 0.29) is 10.4 Å². The Balaban J connectivity index is 2.09. The van der Waals surface area contributed by atoms with E-state index < -0.39 is 0 Å². The van der Waals surface area contributed by atoms with Gasteiger partial charge in [0.15, 0.2) is 0 Å². The van der Waals surface area contributed by atoms with Gasteiger partial charge in [-0.25, -0.2) is 0 Å². The van der Waals surface area contributed by atoms with Crippen LogP contribution in [0.5, 0.6) is 0 Å². The smallest absolute Gasteiger partial charge is 0.0727 e. The second-order valence-corrected chi connectivity index (χ2v) is 8.30. The maximum Gasteiger partial charge on any atom is 0.0727 e. The first-order valence-electron chi connectivity index (χ1n) is 5.94. The van der Waals surface area contributed by atoms with E-state index in [1.165, 1.54) is 38.5 Å². The third-order valence-corrected chi connectivity index (χ3v) is 8.75. The fourth-order valence-electron chi connectivity index (χ4n) is 2.70. The van der Waals surface area contributed by atoms with Gasteiger partial charge in [0.25, 0.3) is 0 Å². The van der Waals surface area contributed by atoms with Gasteiger partial charge in [0, 0.05) is 33.7 Å². The summed E-state index contributed by atoms with van der Waals surface area (Å²) in [6.07, 6.45) is 7.70. The summed E-state index contributed by atoms with van der Waals surface area (Å²) < 4.78 is 12.2. The van der Waals surface area contributed by atoms with Crippen LogP contribution in [-0.2, 0) is 9.47 Å². The molecular weight excluding hydrogens is 208 g/mol. The van der Waals surface area contributed by atoms with Gasteiger partial charge in [0.1, 0.15) is 0 Å². The van der Waals surface area contributed by atoms with Gasteiger partial charge in [-0.2, -0.15) is 0 Å². The minimum atomic E-state index is 0.165. The summed E-state index contributed by atoms with van der Waals surface area (Å²) in [5.41, 5.74) is 0. The standard InChI is InChI=1S/C10H22O2Si2/c13-9(5-1-3-7-11-9)10(14)6-2-4-8-12-10/h1-8H2,13-14H3. The van der Waals surface area contributed by atoms with Crippen molar-refractivity contribution in [3.63, 3.8) is 0 Å². The van der Waals surface area contributed by atoms with Gasteiger partial charge in [-0.05, 0) is 38.5 Å². The molecule has 0 radical (unpaired) electrons. The van der Waals surface area contributed by atoms with Crippen molar-refractivity contribution >= 4 is 20.5 Å². The first kappa shape index (κ1) is 10.9. The van der Waals surface area contributed by atoms with Gasteiger partial charge < -0.3 is 9.47 Å². The van der Waals surface area contributed by atoms with E-state index in [2.05, 4.69) is 0 Å². The molecule has 82 valence electrons. The molecule has 0 aromatic carbocycles. The van der Waals surface area contributed by atoms with E-state index >= 15 is 0 Å². The van der Waals surface area contributed by atoms with Crippen molar-refractivity contribution in [1.29, 1.82) is 0 Å². The largest absolute Gasteiger partial charge is 0.377 e. The first-order valence-corrected chi connectivity index (χ1v) is 7.94. The van der Waals surface area contributed by atoms with Crippen LogP contribution in [0.15, 0.2) is 0 Å². The molecule has 2 saturated heterocycles. The molecule has 0 saturated carbocycles. The zero-order valence-electron chi connectivity index (χ0n) is 9.47. The molecule has 14 heavy (non-hydrogen) atoms. The molecule has 2 aliphatic heterocycles. The van der Waals surface area contributed by atoms with Gasteiger partial charge in [-0.15, -0.1) is 0 Å². The number of ether oxygens (including phenoxy) is 2. The fraction of sp³-hybridized carbons (Fsp3) is 1.00. The number of rotatable bonds is 1. The third-order valence-electron chi connectivity index (χ3n) is 4.06. The average molecular weight is 230 g/mol. The molecule has 2 nitrogen and oxygen atoms in total. The quantitative estimate of drug-likeness (QED) is 0.566. The summed E-state index contributed by atoms with van der Waals surface area (Å²) in [6.45, 7) is 1.94. The van der Waals surface area contributed by atoms with Crippen molar-refractivity contribution in [3.05, 3.63) is 0 Å². The van der Waals surface area contributed by atoms with Crippen molar-refractivity contribution < 1.29 is 9.47 Å². The molecule has 2 aliphatic rings. The highest BCUT2D eigenvalue weighted by Gasteiger charge is 2.47. The minimum Gasteiger partial charge on any atom is -0.377 e. The highest BCUT2D eigenvalue weighted by molar-refractivity contribution is 6.25. The van der Waals surface area contributed by atoms with Gasteiger partial charge in [0.2, 0.25) is 0 Å². The van der Waals surface area contributed by atoms with Crippen LogP contribution in [0, 0.1) is 0 Å². The molecule has 4 heteroatoms. The average Bonchev–Trinajstić information content (AvgIpc) is 2.20. The highest BCUT2D eigenvalue weighted by Crippen LogP contribution is 2.38. The molecule has 0 N–H and O–H groups in total. The van der Waals surface area contributed by atoms with Crippen LogP contribution in [0.1, 0.15) is 38.5 Å². The topological polar surface area (TPSA) is 18.5 Å². The Hall–Kier alpha value is 0.354. The van der Waals surface area contributed by atoms with Gasteiger partial charge in [-0.3, -0.25) is 0 Å². The Morgan fingerprint density at radius 2 is 1.14 bits per heavy atom. The molecular formula is C10H22O2Si2. The van der Waals surface area contributed by atoms with E-state index in [0.717, 1.165) is 33.7 Å². The van der Waals surface area contributed by atoms with Crippen LogP contribution in [0.3, 0.4) is 0 Å². The van der Waals surface area contributed by atoms with Gasteiger partial charge in [-0.1, -0.05) is 0 Å². The van der Waals surface area contributed by atoms with Gasteiger partial charge >= 0.3 is 0 Å². The Bertz CT molecular complexity index is 174. The lowest BCUT2D eigenvalue weighted by Crippen LogP contribution is -2.61. The molecule has 2 fully saturated rings. The zero-order chi connectivity index (χ0) is 10.1. The summed E-state index contributed by atoms with van der Waals surface area (Å²) in [6, 6.07) is 0. The molecule has 0 bridgehead atoms. The third kappa shape index (κ3) is 1.85. The lowest BCUT2D eigenvalue weighted by Gasteiger charge is -2.50. The van der Waals surface area contributed by atoms with Crippen LogP contribution in [0.2, 0.25) is 0 Å². The van der Waals surface area contributed by atoms with E-state index in [0.29, 0.717) is 0 Å². The van der Waals surface area contributed by atoms with Crippen LogP contribution in [0.25, 0.3) is 0 Å². The molecule has 0 aliphatic carbocycles. The van der Waals surface area contributed by atoms with E-state index in [4.69, 9.17) is 9.47 Å². The summed E-state index contributed by atoms with van der Waals surface area (Å²) in [5, 5.41) is 0.329. The molecule has 2 unspecified atom stereocenters. The second kappa shape index (κ2) is 4.08. The number of hydrogen-bond donors (Lipinski definition) is 0. The Labute approximate surface area is 92.6 Å². The zero-order valence-corrected chi connectivity index (χ0v) is 13.5. The molecule has 0 amide bonds. The predicted octanol–water partition coefficient (Wildman–Crippen LogP) is -0.489. The van der Waals surface area contributed by atoms with E-state index in [9.17, 15) is 0 Å². The SMILES string of the molecule is [SiH3]C1(C2([SiH3])CCCCO2)CCCCO1. The van der Waals surface area contributed by atoms with Gasteiger partial charge in [0.05, 0.1) is 10.4 Å². The van der Waals surface area contributed by atoms with Crippen LogP contribution in [-0.4, -0.2) is 44.1 Å². The molecule has 2 heterocycles. The maximum absolute atomic E-state index is 6.08. The first-order chi connectivity index (χ1) is 6.66. The summed E-state index contributed by atoms with van der Waals surface area (Å²) in [4.78, 5) is 0. The van der Waals surface area contributed by atoms with E-state index in [1.54, 1.807) is 0 Å². The molecule has 2 rings (SSSR count). The summed E-state index contributed by atoms with van der Waals surface area (Å²) >= 11 is 0. The molecule has 0 aromatic rings. The van der Waals surface area contributed by atoms with Crippen molar-refractivity contribution in [2.24, 2.45) is 0 Å². The number of hydrogen-bond acceptors (Lipinski definition) is 2. The van der Waals surface area contributed by atoms with Crippen molar-refractivity contribution in [3.8, 4) is 0 Å². The fourth-order valence-corrected chi connectivity index (χ4v) is 4.61. The summed E-state index contributed by atoms with van der Waals surface area (Å²) in [7, 11) is 2.27. The normalized spacial score (nSPS) is 45.4. The van der Waals surface area contributed by atoms with Crippen LogP contribution >= 0.6 is 0 Å². The predicted molar refractivity (Wildman–Crippen MR) is 64.9 cm³/mol. The summed E-state index contributed by atoms with van der Waals surface area (Å²) in [5.74, 6) is 0. The lowest BCUT2D eigenvalue weighted by molar-refractivity contribution is -0.157. The maximum atomic E-state index is 6.08. The highest BCUT2D eigenvalue weighted by atomic mass is 28.2. The molecule has 0 spiro atoms. The van der Waals surface area contributed by atoms with Crippen molar-refractivity contribution in [2.45, 2.75) is 49.0 Å². The van der Waals surface area contributed by atoms with Crippen molar-refractivity contribution in [2.75, 3.05) is 13.2 Å². The molecule has 2 atom stereocenters. The monoisotopic (exact) mass is 230 g/mol. The Morgan fingerprint density at radius 3 is 1.43 bits per heavy atom. The Morgan fingerprint density at radius 1 is 0.714 bits per heavy atom. The van der Waals surface area contributed by atoms with Crippen LogP contribution < -0.4 is 0 Å². The molecule has 0 aromatic heterocycles. The van der Waals surface area contributed by atoms with E-state index in [1.807, 2.05) is 0 Å². The lowest BCUT2D eigenvalue weighted by atomic mass is 9.96. The van der Waals surface area contributed by atoms with Crippen molar-refractivity contribution in [1.82, 2.24) is 0 Å². The van der Waals surface area contributed by atoms with Crippen LogP contribution in [0.4, 0.5) is 0 Å². The second-order valence-electron chi connectivity index (χ2n) is 5.07.